The summed E-state index contributed by atoms with van der Waals surface area (Å²) in [7, 11) is 1.64. The van der Waals surface area contributed by atoms with Gasteiger partial charge in [-0.3, -0.25) is 4.79 Å². The number of nitrogens with one attached hydrogen (secondary N) is 3. The normalized spacial score (nSPS) is 17.0. The molecule has 1 aliphatic rings. The number of nitrogens with zero attached hydrogens (tertiary/aromatic N) is 3. The maximum atomic E-state index is 13.8. The molecule has 0 saturated heterocycles. The highest BCUT2D eigenvalue weighted by atomic mass is 16.5. The quantitative estimate of drug-likeness (QED) is 0.216. The maximum absolute atomic E-state index is 13.8. The molecule has 5 amide bonds. The molecule has 12 nitrogen and oxygen atoms in total. The van der Waals surface area contributed by atoms with Gasteiger partial charge in [-0.1, -0.05) is 54.5 Å². The summed E-state index contributed by atoms with van der Waals surface area (Å²) in [5.41, 5.74) is 2.21. The molecule has 3 atom stereocenters. The molecule has 4 aromatic rings. The molecule has 0 bridgehead atoms. The molecule has 1 aromatic heterocycles. The Kier molecular flexibility index (Phi) is 9.24. The van der Waals surface area contributed by atoms with E-state index in [1.54, 1.807) is 50.9 Å². The molecule has 1 aliphatic heterocycles. The largest absolute Gasteiger partial charge is 0.485 e. The van der Waals surface area contributed by atoms with Crippen LogP contribution in [0.4, 0.5) is 26.7 Å². The monoisotopic (exact) mass is 614 g/mol. The van der Waals surface area contributed by atoms with Crippen molar-refractivity contribution in [2.45, 2.75) is 39.8 Å². The van der Waals surface area contributed by atoms with E-state index in [4.69, 9.17) is 9.26 Å². The number of rotatable bonds is 7. The number of anilines is 3. The van der Waals surface area contributed by atoms with Crippen LogP contribution in [0.25, 0.3) is 10.8 Å². The van der Waals surface area contributed by atoms with E-state index in [-0.39, 0.29) is 54.6 Å². The number of para-hydroxylation sites is 1. The Bertz CT molecular complexity index is 1700. The lowest BCUT2D eigenvalue weighted by atomic mass is 9.99. The molecule has 3 aromatic carbocycles. The molecule has 0 saturated carbocycles. The number of carbonyl (C=O) groups excluding carboxylic acids is 3. The highest BCUT2D eigenvalue weighted by molar-refractivity contribution is 6.08. The lowest BCUT2D eigenvalue weighted by molar-refractivity contribution is 0.0373. The van der Waals surface area contributed by atoms with Crippen LogP contribution in [0.15, 0.2) is 65.2 Å². The second-order valence-electron chi connectivity index (χ2n) is 11.4. The van der Waals surface area contributed by atoms with E-state index in [9.17, 15) is 19.5 Å². The van der Waals surface area contributed by atoms with E-state index in [1.807, 2.05) is 49.4 Å². The van der Waals surface area contributed by atoms with Gasteiger partial charge in [-0.15, -0.1) is 0 Å². The van der Waals surface area contributed by atoms with Crippen molar-refractivity contribution in [1.29, 1.82) is 0 Å². The van der Waals surface area contributed by atoms with E-state index >= 15 is 0 Å². The third-order valence-corrected chi connectivity index (χ3v) is 8.04. The number of hydrogen-bond acceptors (Lipinski definition) is 7. The summed E-state index contributed by atoms with van der Waals surface area (Å²) >= 11 is 0. The third-order valence-electron chi connectivity index (χ3n) is 8.04. The Balaban J connectivity index is 1.43. The van der Waals surface area contributed by atoms with Crippen LogP contribution in [0, 0.1) is 19.8 Å². The fourth-order valence-corrected chi connectivity index (χ4v) is 5.39. The number of aliphatic hydroxyl groups excluding tert-OH is 1. The molecule has 5 rings (SSSR count). The van der Waals surface area contributed by atoms with Crippen LogP contribution in [0.2, 0.25) is 0 Å². The minimum atomic E-state index is -0.588. The molecule has 45 heavy (non-hydrogen) atoms. The van der Waals surface area contributed by atoms with Gasteiger partial charge in [-0.25, -0.2) is 9.59 Å². The number of aliphatic hydroxyl groups is 1. The van der Waals surface area contributed by atoms with Gasteiger partial charge < -0.3 is 40.1 Å². The second kappa shape index (κ2) is 13.3. The van der Waals surface area contributed by atoms with Gasteiger partial charge in [0.2, 0.25) is 0 Å². The zero-order valence-corrected chi connectivity index (χ0v) is 26.0. The number of ether oxygens (including phenoxy) is 1. The van der Waals surface area contributed by atoms with Crippen molar-refractivity contribution in [1.82, 2.24) is 15.0 Å². The highest BCUT2D eigenvalue weighted by Gasteiger charge is 2.35. The van der Waals surface area contributed by atoms with Crippen LogP contribution < -0.4 is 20.7 Å². The van der Waals surface area contributed by atoms with Crippen molar-refractivity contribution < 1.29 is 28.8 Å². The number of aryl methyl sites for hydroxylation is 2. The maximum Gasteiger partial charge on any atom is 0.323 e. The first-order valence-electron chi connectivity index (χ1n) is 14.8. The van der Waals surface area contributed by atoms with Gasteiger partial charge in [-0.05, 0) is 44.4 Å². The Morgan fingerprint density at radius 2 is 1.73 bits per heavy atom. The highest BCUT2D eigenvalue weighted by Crippen LogP contribution is 2.35. The molecular weight excluding hydrogens is 576 g/mol. The predicted octanol–water partition coefficient (Wildman–Crippen LogP) is 5.47. The van der Waals surface area contributed by atoms with Crippen molar-refractivity contribution in [2.24, 2.45) is 5.92 Å². The number of fused-ring (bicyclic) bond motifs is 2. The first-order valence-corrected chi connectivity index (χ1v) is 14.8. The summed E-state index contributed by atoms with van der Waals surface area (Å²) in [6, 6.07) is 16.9. The van der Waals surface area contributed by atoms with Gasteiger partial charge in [0.25, 0.3) is 5.91 Å². The fraction of sp³-hybridized carbons (Fsp3) is 0.333. The molecule has 0 spiro atoms. The SMILES string of the molecule is Cc1noc(C)c1NC(=O)N(C)C[C@@H]1Oc2c(NC(=O)Nc3cccc4ccccc34)cccc2C(=O)N([C@H](C)CO)C[C@H]1C. The van der Waals surface area contributed by atoms with E-state index in [2.05, 4.69) is 21.1 Å². The lowest BCUT2D eigenvalue weighted by Gasteiger charge is -2.38. The summed E-state index contributed by atoms with van der Waals surface area (Å²) in [6.45, 7) is 7.34. The van der Waals surface area contributed by atoms with Crippen molar-refractivity contribution in [3.05, 3.63) is 77.7 Å². The average Bonchev–Trinajstić information content (AvgIpc) is 3.34. The standard InChI is InChI=1S/C33H38N6O6/c1-19-16-39(20(2)18-40)31(41)25-13-9-15-27(35-32(42)34-26-14-8-11-23-10-6-7-12-24(23)26)30(25)44-28(19)17-38(5)33(43)36-29-21(3)37-45-22(29)4/h6-15,19-20,28,40H,16-18H2,1-5H3,(H,36,43)(H2,34,35,42)/t19-,20-,28+/m1/s1. The van der Waals surface area contributed by atoms with Crippen molar-refractivity contribution in [3.8, 4) is 5.75 Å². The number of likely N-dealkylation sites (N-methyl/N-ethyl adjacent to an activating group) is 1. The van der Waals surface area contributed by atoms with Crippen LogP contribution in [0.5, 0.6) is 5.75 Å². The number of aromatic nitrogens is 1. The molecule has 4 N–H and O–H groups in total. The van der Waals surface area contributed by atoms with Crippen molar-refractivity contribution in [2.75, 3.05) is 42.7 Å². The van der Waals surface area contributed by atoms with Gasteiger partial charge in [0.1, 0.15) is 17.5 Å². The van der Waals surface area contributed by atoms with Crippen LogP contribution in [0.3, 0.4) is 0 Å². The zero-order valence-electron chi connectivity index (χ0n) is 26.0. The van der Waals surface area contributed by atoms with E-state index < -0.39 is 18.2 Å². The molecular formula is C33H38N6O6. The topological polar surface area (TPSA) is 149 Å². The van der Waals surface area contributed by atoms with Crippen molar-refractivity contribution >= 4 is 45.8 Å². The Morgan fingerprint density at radius 3 is 2.47 bits per heavy atom. The molecule has 2 heterocycles. The lowest BCUT2D eigenvalue weighted by Crippen LogP contribution is -2.50. The van der Waals surface area contributed by atoms with E-state index in [1.165, 1.54) is 4.90 Å². The Hall–Kier alpha value is -5.10. The summed E-state index contributed by atoms with van der Waals surface area (Å²) in [5.74, 6) is 0.0765. The van der Waals surface area contributed by atoms with E-state index in [0.29, 0.717) is 22.8 Å². The van der Waals surface area contributed by atoms with Gasteiger partial charge in [0, 0.05) is 24.9 Å². The van der Waals surface area contributed by atoms with Gasteiger partial charge >= 0.3 is 12.1 Å². The number of urea groups is 2. The van der Waals surface area contributed by atoms with E-state index in [0.717, 1.165) is 10.8 Å². The van der Waals surface area contributed by atoms with Gasteiger partial charge in [0.15, 0.2) is 11.5 Å². The first-order chi connectivity index (χ1) is 21.6. The van der Waals surface area contributed by atoms with Gasteiger partial charge in [-0.2, -0.15) is 0 Å². The molecule has 12 heteroatoms. The van der Waals surface area contributed by atoms with Crippen LogP contribution in [-0.2, 0) is 0 Å². The fourth-order valence-electron chi connectivity index (χ4n) is 5.39. The number of carbonyl (C=O) groups is 3. The number of benzene rings is 3. The molecule has 0 fully saturated rings. The molecule has 0 radical (unpaired) electrons. The van der Waals surface area contributed by atoms with Crippen LogP contribution in [-0.4, -0.2) is 76.9 Å². The smallest absolute Gasteiger partial charge is 0.323 e. The average molecular weight is 615 g/mol. The number of amides is 5. The first kappa shape index (κ1) is 31.3. The second-order valence-corrected chi connectivity index (χ2v) is 11.4. The van der Waals surface area contributed by atoms with Gasteiger partial charge in [0.05, 0.1) is 36.1 Å². The summed E-state index contributed by atoms with van der Waals surface area (Å²) in [4.78, 5) is 43.4. The Morgan fingerprint density at radius 1 is 1.04 bits per heavy atom. The molecule has 236 valence electrons. The molecule has 0 unspecified atom stereocenters. The van der Waals surface area contributed by atoms with Crippen molar-refractivity contribution in [3.63, 3.8) is 0 Å². The van der Waals surface area contributed by atoms with Crippen LogP contribution in [0.1, 0.15) is 35.7 Å². The summed E-state index contributed by atoms with van der Waals surface area (Å²) < 4.78 is 11.7. The summed E-state index contributed by atoms with van der Waals surface area (Å²) in [5, 5.41) is 24.3. The molecule has 0 aliphatic carbocycles. The minimum absolute atomic E-state index is 0.155. The number of hydrogen-bond donors (Lipinski definition) is 4. The predicted molar refractivity (Wildman–Crippen MR) is 172 cm³/mol. The zero-order chi connectivity index (χ0) is 32.2. The minimum Gasteiger partial charge on any atom is -0.485 e. The Labute approximate surface area is 261 Å². The third kappa shape index (κ3) is 6.70. The summed E-state index contributed by atoms with van der Waals surface area (Å²) in [6.07, 6.45) is -0.588. The van der Waals surface area contributed by atoms with Crippen LogP contribution >= 0.6 is 0 Å².